The first-order valence-electron chi connectivity index (χ1n) is 10.1. The number of benzene rings is 2. The predicted molar refractivity (Wildman–Crippen MR) is 128 cm³/mol. The standard InChI is InChI=1S/C25H20Cl2FNO2S/c1-29(24(31)22-20(27)11-4-12-21(22)28)25(18-9-2-3-10-19(18)26)13-5-7-16(23(25)30)15-17-8-6-14-32-17/h2-4,6,8-12,14-15H,5,7,13H2,1H3/b16-15+. The summed E-state index contributed by atoms with van der Waals surface area (Å²) >= 11 is 14.3. The average Bonchev–Trinajstić information content (AvgIpc) is 3.28. The van der Waals surface area contributed by atoms with Gasteiger partial charge in [0.15, 0.2) is 5.78 Å². The number of amides is 1. The van der Waals surface area contributed by atoms with Crippen molar-refractivity contribution in [1.82, 2.24) is 4.90 Å². The quantitative estimate of drug-likeness (QED) is 0.371. The third kappa shape index (κ3) is 3.90. The first kappa shape index (κ1) is 22.7. The van der Waals surface area contributed by atoms with Gasteiger partial charge in [-0.1, -0.05) is 53.5 Å². The Labute approximate surface area is 200 Å². The lowest BCUT2D eigenvalue weighted by molar-refractivity contribution is -0.128. The molecule has 1 aromatic heterocycles. The highest BCUT2D eigenvalue weighted by molar-refractivity contribution is 7.10. The van der Waals surface area contributed by atoms with Gasteiger partial charge in [0.2, 0.25) is 0 Å². The van der Waals surface area contributed by atoms with Gasteiger partial charge in [0.1, 0.15) is 11.4 Å². The zero-order valence-electron chi connectivity index (χ0n) is 17.3. The normalized spacial score (nSPS) is 19.9. The Balaban J connectivity index is 1.89. The average molecular weight is 488 g/mol. The van der Waals surface area contributed by atoms with Crippen LogP contribution in [0.25, 0.3) is 6.08 Å². The van der Waals surface area contributed by atoms with E-state index in [1.54, 1.807) is 24.3 Å². The van der Waals surface area contributed by atoms with Gasteiger partial charge in [-0.15, -0.1) is 11.3 Å². The summed E-state index contributed by atoms with van der Waals surface area (Å²) < 4.78 is 14.6. The van der Waals surface area contributed by atoms with Gasteiger partial charge >= 0.3 is 0 Å². The van der Waals surface area contributed by atoms with Crippen LogP contribution >= 0.6 is 34.5 Å². The third-order valence-electron chi connectivity index (χ3n) is 5.88. The van der Waals surface area contributed by atoms with E-state index in [0.717, 1.165) is 4.88 Å². The van der Waals surface area contributed by atoms with Crippen LogP contribution in [0, 0.1) is 5.82 Å². The fourth-order valence-electron chi connectivity index (χ4n) is 4.31. The van der Waals surface area contributed by atoms with E-state index in [0.29, 0.717) is 35.4 Å². The highest BCUT2D eigenvalue weighted by Crippen LogP contribution is 2.45. The molecule has 1 amide bonds. The second kappa shape index (κ2) is 9.18. The maximum Gasteiger partial charge on any atom is 0.259 e. The van der Waals surface area contributed by atoms with Crippen LogP contribution in [0.4, 0.5) is 4.39 Å². The fraction of sp³-hybridized carbons (Fsp3) is 0.200. The molecule has 1 fully saturated rings. The number of carbonyl (C=O) groups is 2. The van der Waals surface area contributed by atoms with Crippen molar-refractivity contribution in [2.45, 2.75) is 24.8 Å². The number of carbonyl (C=O) groups excluding carboxylic acids is 2. The van der Waals surface area contributed by atoms with Crippen LogP contribution in [0.15, 0.2) is 65.6 Å². The van der Waals surface area contributed by atoms with Crippen molar-refractivity contribution in [2.75, 3.05) is 7.05 Å². The number of halogens is 3. The number of rotatable bonds is 4. The number of ketones is 1. The molecule has 1 atom stereocenters. The van der Waals surface area contributed by atoms with Gasteiger partial charge in [-0.25, -0.2) is 4.39 Å². The van der Waals surface area contributed by atoms with Gasteiger partial charge in [0, 0.05) is 22.5 Å². The highest BCUT2D eigenvalue weighted by atomic mass is 35.5. The first-order chi connectivity index (χ1) is 15.4. The molecule has 1 unspecified atom stereocenters. The zero-order chi connectivity index (χ0) is 22.9. The van der Waals surface area contributed by atoms with Crippen molar-refractivity contribution < 1.29 is 14.0 Å². The Morgan fingerprint density at radius 1 is 1.09 bits per heavy atom. The van der Waals surface area contributed by atoms with E-state index in [1.165, 1.54) is 41.5 Å². The molecule has 7 heteroatoms. The van der Waals surface area contributed by atoms with Crippen molar-refractivity contribution >= 4 is 52.3 Å². The third-order valence-corrected chi connectivity index (χ3v) is 7.35. The van der Waals surface area contributed by atoms with Crippen molar-refractivity contribution in [3.8, 4) is 0 Å². The van der Waals surface area contributed by atoms with Gasteiger partial charge in [-0.2, -0.15) is 0 Å². The van der Waals surface area contributed by atoms with Crippen LogP contribution in [0.3, 0.4) is 0 Å². The second-order valence-electron chi connectivity index (χ2n) is 7.67. The topological polar surface area (TPSA) is 37.4 Å². The van der Waals surface area contributed by atoms with Crippen molar-refractivity contribution in [3.05, 3.63) is 97.4 Å². The van der Waals surface area contributed by atoms with Gasteiger partial charge in [-0.05, 0) is 60.6 Å². The Kier molecular flexibility index (Phi) is 6.52. The van der Waals surface area contributed by atoms with Crippen molar-refractivity contribution in [1.29, 1.82) is 0 Å². The van der Waals surface area contributed by atoms with E-state index in [9.17, 15) is 14.0 Å². The largest absolute Gasteiger partial charge is 0.324 e. The lowest BCUT2D eigenvalue weighted by atomic mass is 9.71. The van der Waals surface area contributed by atoms with E-state index >= 15 is 0 Å². The molecule has 0 bridgehead atoms. The van der Waals surface area contributed by atoms with E-state index in [-0.39, 0.29) is 16.4 Å². The number of hydrogen-bond acceptors (Lipinski definition) is 3. The molecule has 0 saturated heterocycles. The van der Waals surface area contributed by atoms with Gasteiger partial charge < -0.3 is 4.90 Å². The molecule has 32 heavy (non-hydrogen) atoms. The minimum absolute atomic E-state index is 0.00577. The fourth-order valence-corrected chi connectivity index (χ4v) is 5.53. The van der Waals surface area contributed by atoms with Gasteiger partial charge in [-0.3, -0.25) is 9.59 Å². The minimum Gasteiger partial charge on any atom is -0.324 e. The van der Waals surface area contributed by atoms with E-state index in [1.807, 2.05) is 23.6 Å². The minimum atomic E-state index is -1.37. The molecule has 1 heterocycles. The molecule has 1 saturated carbocycles. The van der Waals surface area contributed by atoms with Crippen LogP contribution in [0.2, 0.25) is 10.0 Å². The lowest BCUT2D eigenvalue weighted by Gasteiger charge is -2.44. The summed E-state index contributed by atoms with van der Waals surface area (Å²) in [5, 5.41) is 2.31. The van der Waals surface area contributed by atoms with Crippen LogP contribution in [-0.4, -0.2) is 23.6 Å². The number of nitrogens with zero attached hydrogens (tertiary/aromatic N) is 1. The smallest absolute Gasteiger partial charge is 0.259 e. The summed E-state index contributed by atoms with van der Waals surface area (Å²) in [6, 6.07) is 14.9. The molecule has 0 N–H and O–H groups in total. The molecule has 1 aliphatic carbocycles. The van der Waals surface area contributed by atoms with Crippen molar-refractivity contribution in [2.24, 2.45) is 0 Å². The van der Waals surface area contributed by atoms with Crippen LogP contribution in [0.5, 0.6) is 0 Å². The van der Waals surface area contributed by atoms with Crippen LogP contribution < -0.4 is 0 Å². The van der Waals surface area contributed by atoms with E-state index < -0.39 is 17.3 Å². The first-order valence-corrected chi connectivity index (χ1v) is 11.8. The predicted octanol–water partition coefficient (Wildman–Crippen LogP) is 7.00. The van der Waals surface area contributed by atoms with Gasteiger partial charge in [0.05, 0.1) is 10.6 Å². The van der Waals surface area contributed by atoms with E-state index in [2.05, 4.69) is 0 Å². The highest BCUT2D eigenvalue weighted by Gasteiger charge is 2.50. The van der Waals surface area contributed by atoms with Crippen LogP contribution in [0.1, 0.15) is 40.1 Å². The molecule has 1 aliphatic rings. The molecular formula is C25H20Cl2FNO2S. The molecule has 0 aliphatic heterocycles. The lowest BCUT2D eigenvalue weighted by Crippen LogP contribution is -2.55. The summed E-state index contributed by atoms with van der Waals surface area (Å²) in [5.74, 6) is -1.62. The second-order valence-corrected chi connectivity index (χ2v) is 9.46. The number of thiophene rings is 1. The summed E-state index contributed by atoms with van der Waals surface area (Å²) in [6.07, 6.45) is 3.49. The molecule has 3 nitrogen and oxygen atoms in total. The summed E-state index contributed by atoms with van der Waals surface area (Å²) in [6.45, 7) is 0. The molecule has 0 spiro atoms. The number of hydrogen-bond donors (Lipinski definition) is 0. The summed E-state index contributed by atoms with van der Waals surface area (Å²) in [7, 11) is 1.51. The molecule has 2 aromatic carbocycles. The molecule has 4 rings (SSSR count). The Bertz CT molecular complexity index is 1190. The maximum atomic E-state index is 14.6. The SMILES string of the molecule is CN(C(=O)c1c(F)cccc1Cl)C1(c2ccccc2Cl)CCC/C(=C\c2cccs2)C1=O. The van der Waals surface area contributed by atoms with Crippen molar-refractivity contribution in [3.63, 3.8) is 0 Å². The van der Waals surface area contributed by atoms with Crippen LogP contribution in [-0.2, 0) is 10.3 Å². The van der Waals surface area contributed by atoms with Gasteiger partial charge in [0.25, 0.3) is 5.91 Å². The van der Waals surface area contributed by atoms with E-state index in [4.69, 9.17) is 23.2 Å². The Morgan fingerprint density at radius 2 is 1.84 bits per heavy atom. The zero-order valence-corrected chi connectivity index (χ0v) is 19.6. The molecule has 0 radical (unpaired) electrons. The Hall–Kier alpha value is -2.47. The monoisotopic (exact) mass is 487 g/mol. The maximum absolute atomic E-state index is 14.6. The summed E-state index contributed by atoms with van der Waals surface area (Å²) in [5.41, 5.74) is -0.502. The molecule has 3 aromatic rings. The molecular weight excluding hydrogens is 468 g/mol. The number of Topliss-reactive ketones (excluding diaryl/α,β-unsaturated/α-hetero) is 1. The molecule has 164 valence electrons. The number of likely N-dealkylation sites (N-methyl/N-ethyl adjacent to an activating group) is 1. The summed E-state index contributed by atoms with van der Waals surface area (Å²) in [4.78, 5) is 29.8. The Morgan fingerprint density at radius 3 is 2.53 bits per heavy atom.